The van der Waals surface area contributed by atoms with Crippen LogP contribution in [0.2, 0.25) is 0 Å². The molecule has 3 fully saturated rings. The Labute approximate surface area is 277 Å². The van der Waals surface area contributed by atoms with Crippen LogP contribution in [-0.2, 0) is 31.6 Å². The molecule has 5 atom stereocenters. The summed E-state index contributed by atoms with van der Waals surface area (Å²) in [6.07, 6.45) is -11.0. The van der Waals surface area contributed by atoms with Gasteiger partial charge in [-0.1, -0.05) is 23.8 Å². The fraction of sp³-hybridized carbons (Fsp3) is 0.378. The Morgan fingerprint density at radius 2 is 1.47 bits per heavy atom. The van der Waals surface area contributed by atoms with Crippen molar-refractivity contribution in [1.82, 2.24) is 0 Å². The Balaban J connectivity index is 1.40. The molecule has 1 N–H and O–H groups in total. The lowest BCUT2D eigenvalue weighted by Crippen LogP contribution is -2.67. The number of aliphatic hydroxyl groups excluding tert-OH is 1. The van der Waals surface area contributed by atoms with Crippen molar-refractivity contribution in [3.63, 3.8) is 0 Å². The van der Waals surface area contributed by atoms with E-state index >= 15 is 0 Å². The molecular formula is C37H35F9N2O+2. The smallest absolute Gasteiger partial charge is 0.382 e. The molecule has 260 valence electrons. The van der Waals surface area contributed by atoms with E-state index < -0.39 is 47.4 Å². The van der Waals surface area contributed by atoms with Crippen molar-refractivity contribution < 1.29 is 53.7 Å². The molecule has 4 aromatic rings. The number of hydrogen-bond donors (Lipinski definition) is 1. The van der Waals surface area contributed by atoms with E-state index in [1.54, 1.807) is 60.2 Å². The summed E-state index contributed by atoms with van der Waals surface area (Å²) in [5, 5.41) is 12.8. The molecule has 3 aliphatic heterocycles. The van der Waals surface area contributed by atoms with Crippen LogP contribution in [0.4, 0.5) is 39.5 Å². The highest BCUT2D eigenvalue weighted by Gasteiger charge is 2.54. The van der Waals surface area contributed by atoms with Crippen LogP contribution in [-0.4, -0.2) is 28.7 Å². The quantitative estimate of drug-likeness (QED) is 0.0888. The summed E-state index contributed by atoms with van der Waals surface area (Å²) < 4.78 is 125. The lowest BCUT2D eigenvalue weighted by Gasteiger charge is -2.58. The van der Waals surface area contributed by atoms with Crippen molar-refractivity contribution in [2.24, 2.45) is 11.8 Å². The highest BCUT2D eigenvalue weighted by Crippen LogP contribution is 2.48. The summed E-state index contributed by atoms with van der Waals surface area (Å²) >= 11 is 0. The second-order valence-corrected chi connectivity index (χ2v) is 13.5. The third kappa shape index (κ3) is 6.94. The second kappa shape index (κ2) is 12.5. The van der Waals surface area contributed by atoms with Crippen LogP contribution in [0.3, 0.4) is 0 Å². The third-order valence-corrected chi connectivity index (χ3v) is 10.3. The van der Waals surface area contributed by atoms with Gasteiger partial charge in [0.2, 0.25) is 5.52 Å². The van der Waals surface area contributed by atoms with E-state index in [2.05, 4.69) is 6.58 Å². The monoisotopic (exact) mass is 694 g/mol. The van der Waals surface area contributed by atoms with E-state index in [4.69, 9.17) is 0 Å². The number of hydrogen-bond acceptors (Lipinski definition) is 1. The van der Waals surface area contributed by atoms with Gasteiger partial charge in [0.15, 0.2) is 12.7 Å². The second-order valence-electron chi connectivity index (χ2n) is 13.5. The minimum absolute atomic E-state index is 0.0318. The van der Waals surface area contributed by atoms with E-state index in [0.29, 0.717) is 53.5 Å². The van der Waals surface area contributed by atoms with Gasteiger partial charge in [0, 0.05) is 47.6 Å². The lowest BCUT2D eigenvalue weighted by molar-refractivity contribution is -0.985. The number of quaternary nitrogens is 1. The van der Waals surface area contributed by atoms with Gasteiger partial charge in [-0.2, -0.15) is 44.1 Å². The van der Waals surface area contributed by atoms with Crippen LogP contribution >= 0.6 is 0 Å². The van der Waals surface area contributed by atoms with E-state index in [1.807, 2.05) is 0 Å². The summed E-state index contributed by atoms with van der Waals surface area (Å²) in [6, 6.07) is 13.8. The van der Waals surface area contributed by atoms with Crippen LogP contribution in [0.15, 0.2) is 85.6 Å². The van der Waals surface area contributed by atoms with E-state index in [0.717, 1.165) is 24.3 Å². The van der Waals surface area contributed by atoms with Gasteiger partial charge < -0.3 is 9.59 Å². The molecule has 2 bridgehead atoms. The molecule has 3 aromatic carbocycles. The first-order chi connectivity index (χ1) is 22.9. The first-order valence-corrected chi connectivity index (χ1v) is 15.9. The topological polar surface area (TPSA) is 24.1 Å². The summed E-state index contributed by atoms with van der Waals surface area (Å²) in [4.78, 5) is 0. The van der Waals surface area contributed by atoms with Crippen LogP contribution in [0, 0.1) is 18.8 Å². The summed E-state index contributed by atoms with van der Waals surface area (Å²) in [5.74, 6) is 0.101. The molecule has 0 aliphatic carbocycles. The molecular weight excluding hydrogens is 659 g/mol. The van der Waals surface area contributed by atoms with Crippen molar-refractivity contribution in [1.29, 1.82) is 0 Å². The highest BCUT2D eigenvalue weighted by molar-refractivity contribution is 5.79. The van der Waals surface area contributed by atoms with Gasteiger partial charge >= 0.3 is 18.5 Å². The highest BCUT2D eigenvalue weighted by atomic mass is 19.4. The van der Waals surface area contributed by atoms with Gasteiger partial charge in [-0.3, -0.25) is 0 Å². The van der Waals surface area contributed by atoms with Gasteiger partial charge in [0.05, 0.1) is 35.2 Å². The molecule has 4 heterocycles. The number of benzene rings is 3. The average Bonchev–Trinajstić information content (AvgIpc) is 3.03. The van der Waals surface area contributed by atoms with E-state index in [9.17, 15) is 44.6 Å². The van der Waals surface area contributed by atoms with Crippen LogP contribution in [0.25, 0.3) is 10.9 Å². The number of para-hydroxylation sites is 1. The zero-order valence-corrected chi connectivity index (χ0v) is 26.5. The fourth-order valence-corrected chi connectivity index (χ4v) is 8.08. The van der Waals surface area contributed by atoms with Gasteiger partial charge in [-0.15, -0.1) is 6.58 Å². The molecule has 12 heteroatoms. The normalized spacial score (nSPS) is 23.5. The molecule has 3 nitrogen and oxygen atoms in total. The van der Waals surface area contributed by atoms with Crippen molar-refractivity contribution in [3.05, 3.63) is 125 Å². The minimum atomic E-state index is -4.99. The van der Waals surface area contributed by atoms with Gasteiger partial charge in [-0.05, 0) is 55.3 Å². The van der Waals surface area contributed by atoms with Gasteiger partial charge in [0.25, 0.3) is 0 Å². The number of aryl methyl sites for hydroxylation is 1. The molecule has 0 amide bonds. The molecule has 0 spiro atoms. The number of aromatic nitrogens is 1. The number of halogens is 9. The zero-order valence-electron chi connectivity index (χ0n) is 26.5. The van der Waals surface area contributed by atoms with Crippen molar-refractivity contribution in [2.75, 3.05) is 13.1 Å². The summed E-state index contributed by atoms with van der Waals surface area (Å²) in [6.45, 7) is 6.34. The van der Waals surface area contributed by atoms with Crippen LogP contribution in [0.5, 0.6) is 0 Å². The Morgan fingerprint density at radius 1 is 0.857 bits per heavy atom. The number of piperidine rings is 3. The maximum atomic E-state index is 13.8. The number of alkyl halides is 9. The number of aliphatic hydroxyl groups is 1. The zero-order chi connectivity index (χ0) is 35.5. The molecule has 3 saturated heterocycles. The SMILES string of the molecule is C=CC1C[N+]2(Cc3cc(C(F)(F)F)cc(C(F)(F)F)c3)CCC1CC2[C@H](O)c1cc[n+](Cc2cc(C)cc(C(F)(F)F)c2)c2ccccc12. The molecule has 49 heavy (non-hydrogen) atoms. The molecule has 4 unspecified atom stereocenters. The van der Waals surface area contributed by atoms with Gasteiger partial charge in [-0.25, -0.2) is 0 Å². The average molecular weight is 695 g/mol. The molecule has 0 radical (unpaired) electrons. The lowest BCUT2D eigenvalue weighted by atomic mass is 9.71. The number of pyridine rings is 1. The van der Waals surface area contributed by atoms with E-state index in [1.165, 1.54) is 0 Å². The predicted molar refractivity (Wildman–Crippen MR) is 165 cm³/mol. The molecule has 3 aliphatic rings. The predicted octanol–water partition coefficient (Wildman–Crippen LogP) is 9.19. The number of rotatable bonds is 7. The summed E-state index contributed by atoms with van der Waals surface area (Å²) in [7, 11) is 0. The number of fused-ring (bicyclic) bond motifs is 4. The molecule has 7 rings (SSSR count). The maximum Gasteiger partial charge on any atom is 0.416 e. The molecule has 0 saturated carbocycles. The largest absolute Gasteiger partial charge is 0.416 e. The Morgan fingerprint density at radius 3 is 2.10 bits per heavy atom. The van der Waals surface area contributed by atoms with Crippen LogP contribution < -0.4 is 4.57 Å². The summed E-state index contributed by atoms with van der Waals surface area (Å²) in [5.41, 5.74) is -1.57. The third-order valence-electron chi connectivity index (χ3n) is 10.3. The Bertz CT molecular complexity index is 1850. The van der Waals surface area contributed by atoms with Crippen molar-refractivity contribution in [2.45, 2.75) is 63.5 Å². The van der Waals surface area contributed by atoms with Crippen molar-refractivity contribution >= 4 is 10.9 Å². The van der Waals surface area contributed by atoms with Crippen molar-refractivity contribution in [3.8, 4) is 0 Å². The van der Waals surface area contributed by atoms with Gasteiger partial charge in [0.1, 0.15) is 18.7 Å². The Kier molecular flexibility index (Phi) is 8.88. The first kappa shape index (κ1) is 34.9. The fourth-order valence-electron chi connectivity index (χ4n) is 8.08. The van der Waals surface area contributed by atoms with E-state index in [-0.39, 0.29) is 41.0 Å². The maximum absolute atomic E-state index is 13.8. The Hall–Kier alpha value is -3.90. The first-order valence-electron chi connectivity index (χ1n) is 15.9. The minimum Gasteiger partial charge on any atom is -0.382 e. The molecule has 1 aromatic heterocycles. The number of nitrogens with zero attached hydrogens (tertiary/aromatic N) is 2. The van der Waals surface area contributed by atoms with Crippen LogP contribution in [0.1, 0.15) is 57.9 Å². The standard InChI is InChI=1S/C37H35F9N2O/c1-3-25-21-48(20-24-15-28(36(41,42)43)18-29(16-24)37(44,45)46)11-9-26(25)17-33(48)34(49)31-8-10-47(32-7-5-4-6-30(31)32)19-23-12-22(2)13-27(14-23)35(38,39)40/h3-8,10,12-16,18,25-26,33-34,49H,1,9,11,17,19-21H2,2H3/q+2/t25?,26?,33?,34-,48?/m1/s1.